The van der Waals surface area contributed by atoms with Crippen molar-refractivity contribution in [2.24, 2.45) is 11.8 Å². The number of aromatic hydroxyl groups is 1. The van der Waals surface area contributed by atoms with Crippen LogP contribution >= 0.6 is 0 Å². The smallest absolute Gasteiger partial charge is 0.117 e. The Balaban J connectivity index is 1.82. The summed E-state index contributed by atoms with van der Waals surface area (Å²) in [7, 11) is 0. The molecule has 1 fully saturated rings. The third-order valence-corrected chi connectivity index (χ3v) is 3.49. The molecule has 0 amide bonds. The summed E-state index contributed by atoms with van der Waals surface area (Å²) in [6.07, 6.45) is 5.44. The van der Waals surface area contributed by atoms with Crippen molar-refractivity contribution in [2.75, 3.05) is 11.9 Å². The van der Waals surface area contributed by atoms with E-state index < -0.39 is 0 Å². The van der Waals surface area contributed by atoms with E-state index >= 15 is 0 Å². The second-order valence-corrected chi connectivity index (χ2v) is 5.07. The molecule has 2 unspecified atom stereocenters. The van der Waals surface area contributed by atoms with Crippen molar-refractivity contribution < 1.29 is 5.11 Å². The minimum Gasteiger partial charge on any atom is -0.508 e. The predicted octanol–water partition coefficient (Wildman–Crippen LogP) is 3.63. The maximum absolute atomic E-state index is 9.35. The molecule has 0 radical (unpaired) electrons. The number of benzene rings is 1. The second-order valence-electron chi connectivity index (χ2n) is 5.07. The Morgan fingerprint density at radius 1 is 1.38 bits per heavy atom. The Kier molecular flexibility index (Phi) is 3.70. The van der Waals surface area contributed by atoms with Crippen LogP contribution in [0.3, 0.4) is 0 Å². The molecule has 2 rings (SSSR count). The number of hydrogen-bond donors (Lipinski definition) is 2. The van der Waals surface area contributed by atoms with E-state index in [0.29, 0.717) is 5.75 Å². The number of hydrogen-bond acceptors (Lipinski definition) is 2. The van der Waals surface area contributed by atoms with Crippen LogP contribution in [0.5, 0.6) is 5.75 Å². The standard InChI is InChI=1S/C14H21NO/c1-11-4-2-5-12(8-11)10-15-13-6-3-7-14(16)9-13/h3,6-7,9,11-12,15-16H,2,4-5,8,10H2,1H3. The van der Waals surface area contributed by atoms with E-state index in [1.807, 2.05) is 12.1 Å². The molecule has 16 heavy (non-hydrogen) atoms. The first-order valence-corrected chi connectivity index (χ1v) is 6.27. The average molecular weight is 219 g/mol. The lowest BCUT2D eigenvalue weighted by Crippen LogP contribution is -2.20. The molecule has 0 aromatic heterocycles. The highest BCUT2D eigenvalue weighted by molar-refractivity contribution is 5.47. The summed E-state index contributed by atoms with van der Waals surface area (Å²) in [5.41, 5.74) is 1.03. The molecule has 1 aliphatic rings. The maximum atomic E-state index is 9.35. The van der Waals surface area contributed by atoms with E-state index in [1.165, 1.54) is 25.7 Å². The molecule has 2 nitrogen and oxygen atoms in total. The molecule has 1 aromatic carbocycles. The van der Waals surface area contributed by atoms with Gasteiger partial charge in [0.2, 0.25) is 0 Å². The molecule has 0 spiro atoms. The van der Waals surface area contributed by atoms with E-state index in [-0.39, 0.29) is 0 Å². The molecular formula is C14H21NO. The monoisotopic (exact) mass is 219 g/mol. The molecule has 0 aliphatic heterocycles. The lowest BCUT2D eigenvalue weighted by Gasteiger charge is -2.27. The van der Waals surface area contributed by atoms with Gasteiger partial charge in [0.15, 0.2) is 0 Å². The molecule has 88 valence electrons. The van der Waals surface area contributed by atoms with Gasteiger partial charge in [-0.25, -0.2) is 0 Å². The minimum absolute atomic E-state index is 0.335. The quantitative estimate of drug-likeness (QED) is 0.813. The van der Waals surface area contributed by atoms with Gasteiger partial charge in [0.25, 0.3) is 0 Å². The predicted molar refractivity (Wildman–Crippen MR) is 67.7 cm³/mol. The first-order valence-electron chi connectivity index (χ1n) is 6.27. The van der Waals surface area contributed by atoms with Crippen molar-refractivity contribution in [1.82, 2.24) is 0 Å². The van der Waals surface area contributed by atoms with Crippen LogP contribution in [0.25, 0.3) is 0 Å². The van der Waals surface area contributed by atoms with Gasteiger partial charge in [0.05, 0.1) is 0 Å². The van der Waals surface area contributed by atoms with Crippen LogP contribution in [0.1, 0.15) is 32.6 Å². The van der Waals surface area contributed by atoms with Gasteiger partial charge in [-0.15, -0.1) is 0 Å². The Morgan fingerprint density at radius 2 is 2.25 bits per heavy atom. The van der Waals surface area contributed by atoms with Crippen LogP contribution in [-0.4, -0.2) is 11.7 Å². The van der Waals surface area contributed by atoms with Crippen LogP contribution < -0.4 is 5.32 Å². The van der Waals surface area contributed by atoms with Crippen molar-refractivity contribution in [2.45, 2.75) is 32.6 Å². The average Bonchev–Trinajstić information content (AvgIpc) is 2.27. The summed E-state index contributed by atoms with van der Waals surface area (Å²) >= 11 is 0. The van der Waals surface area contributed by atoms with Crippen LogP contribution in [-0.2, 0) is 0 Å². The molecule has 1 saturated carbocycles. The van der Waals surface area contributed by atoms with Crippen LogP contribution in [0, 0.1) is 11.8 Å². The van der Waals surface area contributed by atoms with E-state index in [9.17, 15) is 5.11 Å². The minimum atomic E-state index is 0.335. The zero-order valence-electron chi connectivity index (χ0n) is 9.95. The first-order chi connectivity index (χ1) is 7.74. The van der Waals surface area contributed by atoms with E-state index in [1.54, 1.807) is 12.1 Å². The van der Waals surface area contributed by atoms with Gasteiger partial charge in [-0.3, -0.25) is 0 Å². The number of nitrogens with one attached hydrogen (secondary N) is 1. The van der Waals surface area contributed by atoms with E-state index in [2.05, 4.69) is 12.2 Å². The summed E-state index contributed by atoms with van der Waals surface area (Å²) in [4.78, 5) is 0. The third-order valence-electron chi connectivity index (χ3n) is 3.49. The van der Waals surface area contributed by atoms with Gasteiger partial charge in [-0.2, -0.15) is 0 Å². The van der Waals surface area contributed by atoms with Crippen LogP contribution in [0.4, 0.5) is 5.69 Å². The van der Waals surface area contributed by atoms with E-state index in [0.717, 1.165) is 24.1 Å². The van der Waals surface area contributed by atoms with Gasteiger partial charge in [0, 0.05) is 18.3 Å². The van der Waals surface area contributed by atoms with Gasteiger partial charge in [0.1, 0.15) is 5.75 Å². The molecular weight excluding hydrogens is 198 g/mol. The Hall–Kier alpha value is -1.18. The first kappa shape index (κ1) is 11.3. The molecule has 2 N–H and O–H groups in total. The molecule has 1 aliphatic carbocycles. The summed E-state index contributed by atoms with van der Waals surface area (Å²) in [6.45, 7) is 3.38. The zero-order valence-corrected chi connectivity index (χ0v) is 9.95. The normalized spacial score (nSPS) is 25.3. The summed E-state index contributed by atoms with van der Waals surface area (Å²) in [6, 6.07) is 7.37. The lowest BCUT2D eigenvalue weighted by molar-refractivity contribution is 0.293. The summed E-state index contributed by atoms with van der Waals surface area (Å²) in [5.74, 6) is 2.01. The Bertz CT molecular complexity index is 337. The van der Waals surface area contributed by atoms with Crippen molar-refractivity contribution in [3.05, 3.63) is 24.3 Å². The van der Waals surface area contributed by atoms with Gasteiger partial charge >= 0.3 is 0 Å². The molecule has 0 bridgehead atoms. The van der Waals surface area contributed by atoms with Crippen molar-refractivity contribution in [3.63, 3.8) is 0 Å². The van der Waals surface area contributed by atoms with Gasteiger partial charge in [-0.05, 0) is 36.8 Å². The topological polar surface area (TPSA) is 32.3 Å². The number of phenols is 1. The van der Waals surface area contributed by atoms with Crippen molar-refractivity contribution >= 4 is 5.69 Å². The fourth-order valence-electron chi connectivity index (χ4n) is 2.62. The number of anilines is 1. The molecule has 0 heterocycles. The SMILES string of the molecule is CC1CCCC(CNc2cccc(O)c2)C1. The largest absolute Gasteiger partial charge is 0.508 e. The highest BCUT2D eigenvalue weighted by Crippen LogP contribution is 2.28. The van der Waals surface area contributed by atoms with Crippen LogP contribution in [0.2, 0.25) is 0 Å². The summed E-state index contributed by atoms with van der Waals surface area (Å²) < 4.78 is 0. The van der Waals surface area contributed by atoms with E-state index in [4.69, 9.17) is 0 Å². The van der Waals surface area contributed by atoms with Crippen molar-refractivity contribution in [1.29, 1.82) is 0 Å². The highest BCUT2D eigenvalue weighted by Gasteiger charge is 2.18. The molecule has 2 atom stereocenters. The zero-order chi connectivity index (χ0) is 11.4. The number of rotatable bonds is 3. The van der Waals surface area contributed by atoms with Gasteiger partial charge in [-0.1, -0.05) is 25.8 Å². The Labute approximate surface area is 97.7 Å². The fraction of sp³-hybridized carbons (Fsp3) is 0.571. The molecule has 0 saturated heterocycles. The molecule has 2 heteroatoms. The lowest BCUT2D eigenvalue weighted by atomic mass is 9.82. The third kappa shape index (κ3) is 3.16. The van der Waals surface area contributed by atoms with Crippen molar-refractivity contribution in [3.8, 4) is 5.75 Å². The maximum Gasteiger partial charge on any atom is 0.117 e. The van der Waals surface area contributed by atoms with Crippen LogP contribution in [0.15, 0.2) is 24.3 Å². The Morgan fingerprint density at radius 3 is 3.00 bits per heavy atom. The number of phenolic OH excluding ortho intramolecular Hbond substituents is 1. The summed E-state index contributed by atoms with van der Waals surface area (Å²) in [5, 5.41) is 12.8. The van der Waals surface area contributed by atoms with Gasteiger partial charge < -0.3 is 10.4 Å². The fourth-order valence-corrected chi connectivity index (χ4v) is 2.62. The molecule has 1 aromatic rings. The highest BCUT2D eigenvalue weighted by atomic mass is 16.3. The second kappa shape index (κ2) is 5.24.